The van der Waals surface area contributed by atoms with Gasteiger partial charge in [-0.1, -0.05) is 19.0 Å². The molecule has 7 saturated carbocycles. The van der Waals surface area contributed by atoms with Gasteiger partial charge in [-0.15, -0.1) is 0 Å². The van der Waals surface area contributed by atoms with Crippen LogP contribution in [0.25, 0.3) is 10.4 Å². The van der Waals surface area contributed by atoms with Gasteiger partial charge < -0.3 is 0 Å². The van der Waals surface area contributed by atoms with Crippen LogP contribution >= 0.6 is 0 Å². The van der Waals surface area contributed by atoms with Crippen molar-refractivity contribution in [3.63, 3.8) is 0 Å². The van der Waals surface area contributed by atoms with Gasteiger partial charge in [0.25, 0.3) is 0 Å². The zero-order valence-electron chi connectivity index (χ0n) is 12.0. The number of nitrogens with zero attached hydrogens (tertiary/aromatic N) is 3. The molecule has 0 aromatic carbocycles. The van der Waals surface area contributed by atoms with E-state index in [1.165, 1.54) is 38.5 Å². The van der Waals surface area contributed by atoms with Crippen molar-refractivity contribution in [3.8, 4) is 0 Å². The van der Waals surface area contributed by atoms with Gasteiger partial charge in [0.2, 0.25) is 0 Å². The summed E-state index contributed by atoms with van der Waals surface area (Å²) < 4.78 is 0. The summed E-state index contributed by atoms with van der Waals surface area (Å²) in [6.45, 7) is 4.98. The third kappa shape index (κ3) is 1.05. The standard InChI is InChI=1S/C16H23N3/c1-14-3-9-10-4-15(2)5-11(9)13(7-14)16(8-15,18-19-17)12(10)6-14/h9-13H,3-8H2,1-2H3. The van der Waals surface area contributed by atoms with Crippen LogP contribution in [0, 0.1) is 40.4 Å². The molecule has 102 valence electrons. The molecule has 19 heavy (non-hydrogen) atoms. The van der Waals surface area contributed by atoms with Crippen LogP contribution in [-0.4, -0.2) is 5.54 Å². The molecule has 3 heteroatoms. The molecule has 0 aromatic rings. The summed E-state index contributed by atoms with van der Waals surface area (Å²) in [5.41, 5.74) is 10.2. The maximum absolute atomic E-state index is 9.17. The Morgan fingerprint density at radius 3 is 2.05 bits per heavy atom. The second kappa shape index (κ2) is 2.83. The fourth-order valence-corrected chi connectivity index (χ4v) is 7.94. The first-order valence-corrected chi connectivity index (χ1v) is 8.05. The van der Waals surface area contributed by atoms with Gasteiger partial charge in [-0.2, -0.15) is 0 Å². The van der Waals surface area contributed by atoms with Crippen LogP contribution < -0.4 is 0 Å². The minimum Gasteiger partial charge on any atom is -0.0866 e. The summed E-state index contributed by atoms with van der Waals surface area (Å²) in [7, 11) is 0. The van der Waals surface area contributed by atoms with Gasteiger partial charge in [0.05, 0.1) is 5.54 Å². The van der Waals surface area contributed by atoms with Gasteiger partial charge in [-0.05, 0) is 84.5 Å². The summed E-state index contributed by atoms with van der Waals surface area (Å²) in [6, 6.07) is 0. The molecule has 4 atom stereocenters. The van der Waals surface area contributed by atoms with Gasteiger partial charge in [-0.25, -0.2) is 0 Å². The molecule has 0 saturated heterocycles. The van der Waals surface area contributed by atoms with E-state index in [9.17, 15) is 0 Å². The molecular formula is C16H23N3. The minimum atomic E-state index is 0.0196. The van der Waals surface area contributed by atoms with E-state index >= 15 is 0 Å². The summed E-state index contributed by atoms with van der Waals surface area (Å²) >= 11 is 0. The van der Waals surface area contributed by atoms with Crippen molar-refractivity contribution < 1.29 is 0 Å². The first-order valence-electron chi connectivity index (χ1n) is 8.05. The maximum atomic E-state index is 9.17. The van der Waals surface area contributed by atoms with E-state index in [2.05, 4.69) is 23.9 Å². The van der Waals surface area contributed by atoms with Crippen molar-refractivity contribution in [3.05, 3.63) is 10.4 Å². The van der Waals surface area contributed by atoms with Gasteiger partial charge in [0.15, 0.2) is 0 Å². The molecule has 0 aliphatic heterocycles. The van der Waals surface area contributed by atoms with Crippen molar-refractivity contribution in [2.24, 2.45) is 45.5 Å². The first-order chi connectivity index (χ1) is 8.99. The third-order valence-electron chi connectivity index (χ3n) is 7.97. The van der Waals surface area contributed by atoms with Crippen molar-refractivity contribution in [1.29, 1.82) is 0 Å². The lowest BCUT2D eigenvalue weighted by molar-refractivity contribution is -0.259. The Kier molecular flexibility index (Phi) is 1.64. The molecule has 0 heterocycles. The lowest BCUT2D eigenvalue weighted by Gasteiger charge is -2.77. The van der Waals surface area contributed by atoms with Gasteiger partial charge in [0.1, 0.15) is 0 Å². The molecule has 7 aliphatic rings. The molecule has 3 nitrogen and oxygen atoms in total. The highest BCUT2D eigenvalue weighted by molar-refractivity contribution is 5.26. The molecule has 0 spiro atoms. The predicted molar refractivity (Wildman–Crippen MR) is 73.2 cm³/mol. The lowest BCUT2D eigenvalue weighted by Crippen LogP contribution is -2.73. The molecule has 0 aromatic heterocycles. The molecule has 8 bridgehead atoms. The van der Waals surface area contributed by atoms with E-state index in [1.54, 1.807) is 0 Å². The number of hydrogen-bond donors (Lipinski definition) is 0. The summed E-state index contributed by atoms with van der Waals surface area (Å²) in [6.07, 6.45) is 8.18. The average Bonchev–Trinajstić information content (AvgIpc) is 2.34. The Balaban J connectivity index is 1.74. The molecule has 7 rings (SSSR count). The van der Waals surface area contributed by atoms with E-state index in [4.69, 9.17) is 5.53 Å². The zero-order valence-corrected chi connectivity index (χ0v) is 12.0. The Bertz CT molecular complexity index is 494. The van der Waals surface area contributed by atoms with E-state index < -0.39 is 0 Å². The van der Waals surface area contributed by atoms with Crippen LogP contribution in [0.5, 0.6) is 0 Å². The van der Waals surface area contributed by atoms with Crippen molar-refractivity contribution in [2.45, 2.75) is 57.9 Å². The monoisotopic (exact) mass is 257 g/mol. The molecule has 0 amide bonds. The minimum absolute atomic E-state index is 0.0196. The number of rotatable bonds is 1. The average molecular weight is 257 g/mol. The van der Waals surface area contributed by atoms with Crippen LogP contribution in [0.4, 0.5) is 0 Å². The molecule has 0 N–H and O–H groups in total. The van der Waals surface area contributed by atoms with Crippen molar-refractivity contribution in [2.75, 3.05) is 0 Å². The fourth-order valence-electron chi connectivity index (χ4n) is 7.94. The highest BCUT2D eigenvalue weighted by Crippen LogP contribution is 2.78. The number of hydrogen-bond acceptors (Lipinski definition) is 1. The molecule has 0 radical (unpaired) electrons. The zero-order chi connectivity index (χ0) is 13.0. The second-order valence-electron chi connectivity index (χ2n) is 9.20. The Labute approximate surface area is 114 Å². The van der Waals surface area contributed by atoms with Crippen molar-refractivity contribution in [1.82, 2.24) is 0 Å². The van der Waals surface area contributed by atoms with E-state index in [1.807, 2.05) is 0 Å². The Morgan fingerprint density at radius 1 is 0.895 bits per heavy atom. The summed E-state index contributed by atoms with van der Waals surface area (Å²) in [5.74, 6) is 4.17. The normalized spacial score (nSPS) is 67.4. The third-order valence-corrected chi connectivity index (χ3v) is 7.97. The topological polar surface area (TPSA) is 48.8 Å². The highest BCUT2D eigenvalue weighted by Gasteiger charge is 2.74. The van der Waals surface area contributed by atoms with Crippen LogP contribution in [0.1, 0.15) is 52.4 Å². The number of azide groups is 1. The predicted octanol–water partition coefficient (Wildman–Crippen LogP) is 4.54. The lowest BCUT2D eigenvalue weighted by atomic mass is 9.29. The van der Waals surface area contributed by atoms with Gasteiger partial charge in [0, 0.05) is 4.91 Å². The second-order valence-corrected chi connectivity index (χ2v) is 9.20. The van der Waals surface area contributed by atoms with Gasteiger partial charge >= 0.3 is 0 Å². The van der Waals surface area contributed by atoms with Gasteiger partial charge in [-0.3, -0.25) is 0 Å². The fraction of sp³-hybridized carbons (Fsp3) is 1.00. The maximum Gasteiger partial charge on any atom is 0.0555 e. The largest absolute Gasteiger partial charge is 0.0866 e. The van der Waals surface area contributed by atoms with E-state index in [0.717, 1.165) is 29.6 Å². The SMILES string of the molecule is CC12CC3C4CC5(C)CC3C(C1)C(N=[N+]=[N-])(C5)C4C2. The van der Waals surface area contributed by atoms with E-state index in [0.29, 0.717) is 10.8 Å². The van der Waals surface area contributed by atoms with Crippen LogP contribution in [0.15, 0.2) is 5.11 Å². The van der Waals surface area contributed by atoms with Crippen LogP contribution in [0.2, 0.25) is 0 Å². The Hall–Kier alpha value is -0.690. The smallest absolute Gasteiger partial charge is 0.0555 e. The Morgan fingerprint density at radius 2 is 1.47 bits per heavy atom. The van der Waals surface area contributed by atoms with Crippen LogP contribution in [-0.2, 0) is 0 Å². The molecule has 4 unspecified atom stereocenters. The first kappa shape index (κ1) is 11.0. The summed E-state index contributed by atoms with van der Waals surface area (Å²) in [5, 5.41) is 4.51. The van der Waals surface area contributed by atoms with Crippen LogP contribution in [0.3, 0.4) is 0 Å². The molecule has 7 aliphatic carbocycles. The highest BCUT2D eigenvalue weighted by atomic mass is 15.2. The molecular weight excluding hydrogens is 234 g/mol. The van der Waals surface area contributed by atoms with E-state index in [-0.39, 0.29) is 5.54 Å². The quantitative estimate of drug-likeness (QED) is 0.376. The summed E-state index contributed by atoms with van der Waals surface area (Å²) in [4.78, 5) is 3.33. The molecule has 7 fully saturated rings. The van der Waals surface area contributed by atoms with Crippen molar-refractivity contribution >= 4 is 0 Å².